The van der Waals surface area contributed by atoms with E-state index in [-0.39, 0.29) is 5.91 Å². The Morgan fingerprint density at radius 1 is 1.25 bits per heavy atom. The van der Waals surface area contributed by atoms with Gasteiger partial charge in [-0.2, -0.15) is 0 Å². The number of fused-ring (bicyclic) bond motifs is 1. The lowest BCUT2D eigenvalue weighted by atomic mass is 9.91. The van der Waals surface area contributed by atoms with Crippen molar-refractivity contribution in [3.05, 3.63) is 34.3 Å². The summed E-state index contributed by atoms with van der Waals surface area (Å²) in [6.07, 6.45) is 3.87. The second kappa shape index (κ2) is 5.15. The fraction of sp³-hybridized carbons (Fsp3) is 0.562. The average Bonchev–Trinajstić information content (AvgIpc) is 2.99. The van der Waals surface area contributed by atoms with Gasteiger partial charge in [0, 0.05) is 17.6 Å². The Hall–Kier alpha value is -0.870. The monoisotopic (exact) mass is 336 g/mol. The van der Waals surface area contributed by atoms with Crippen LogP contribution >= 0.6 is 15.9 Å². The molecule has 3 atom stereocenters. The smallest absolute Gasteiger partial charge is 0.246 e. The van der Waals surface area contributed by atoms with Crippen molar-refractivity contribution in [3.63, 3.8) is 0 Å². The molecule has 1 saturated heterocycles. The number of carbonyl (C=O) groups excluding carboxylic acids is 1. The van der Waals surface area contributed by atoms with E-state index in [2.05, 4.69) is 15.9 Å². The number of carbonyl (C=O) groups is 1. The average molecular weight is 337 g/mol. The lowest BCUT2D eigenvalue weighted by molar-refractivity contribution is -0.136. The summed E-state index contributed by atoms with van der Waals surface area (Å²) in [5.41, 5.74) is 6.30. The van der Waals surface area contributed by atoms with Gasteiger partial charge in [0.05, 0.1) is 0 Å². The summed E-state index contributed by atoms with van der Waals surface area (Å²) in [4.78, 5) is 14.8. The first-order chi connectivity index (χ1) is 9.48. The number of likely N-dealkylation sites (tertiary alicyclic amines) is 1. The number of benzene rings is 1. The van der Waals surface area contributed by atoms with E-state index in [1.54, 1.807) is 0 Å². The van der Waals surface area contributed by atoms with Gasteiger partial charge in [-0.1, -0.05) is 34.5 Å². The normalized spacial score (nSPS) is 28.2. The predicted octanol–water partition coefficient (Wildman–Crippen LogP) is 2.88. The fourth-order valence-corrected chi connectivity index (χ4v) is 3.91. The van der Waals surface area contributed by atoms with Crippen LogP contribution in [0.1, 0.15) is 31.7 Å². The second-order valence-electron chi connectivity index (χ2n) is 6.37. The van der Waals surface area contributed by atoms with Crippen LogP contribution in [0.15, 0.2) is 28.7 Å². The van der Waals surface area contributed by atoms with Crippen molar-refractivity contribution in [2.24, 2.45) is 17.6 Å². The number of nitrogens with zero attached hydrogens (tertiary/aromatic N) is 1. The van der Waals surface area contributed by atoms with Crippen molar-refractivity contribution in [2.45, 2.75) is 31.7 Å². The number of amides is 1. The van der Waals surface area contributed by atoms with Gasteiger partial charge in [-0.3, -0.25) is 4.79 Å². The Balaban J connectivity index is 1.77. The van der Waals surface area contributed by atoms with Gasteiger partial charge in [0.2, 0.25) is 5.91 Å². The molecule has 3 rings (SSSR count). The number of hydrogen-bond donors (Lipinski definition) is 1. The molecule has 1 amide bonds. The SMILES string of the molecule is CC(N)(C(=O)N1CC2CCCC2C1)c1ccc(Br)cc1. The van der Waals surface area contributed by atoms with E-state index < -0.39 is 5.54 Å². The minimum Gasteiger partial charge on any atom is -0.340 e. The maximum absolute atomic E-state index is 12.8. The first-order valence-corrected chi connectivity index (χ1v) is 8.12. The first kappa shape index (κ1) is 14.1. The molecular formula is C16H21BrN2O. The Bertz CT molecular complexity index is 500. The number of rotatable bonds is 2. The maximum Gasteiger partial charge on any atom is 0.246 e. The van der Waals surface area contributed by atoms with Gasteiger partial charge >= 0.3 is 0 Å². The lowest BCUT2D eigenvalue weighted by Crippen LogP contribution is -2.50. The van der Waals surface area contributed by atoms with Crippen LogP contribution in [0.4, 0.5) is 0 Å². The van der Waals surface area contributed by atoms with Gasteiger partial charge in [0.15, 0.2) is 0 Å². The van der Waals surface area contributed by atoms with Crippen LogP contribution < -0.4 is 5.73 Å². The van der Waals surface area contributed by atoms with Gasteiger partial charge in [-0.05, 0) is 49.3 Å². The molecule has 1 aliphatic carbocycles. The zero-order valence-corrected chi connectivity index (χ0v) is 13.4. The molecule has 0 spiro atoms. The van der Waals surface area contributed by atoms with Crippen molar-refractivity contribution in [2.75, 3.05) is 13.1 Å². The van der Waals surface area contributed by atoms with Crippen molar-refractivity contribution in [3.8, 4) is 0 Å². The summed E-state index contributed by atoms with van der Waals surface area (Å²) in [7, 11) is 0. The number of hydrogen-bond acceptors (Lipinski definition) is 2. The molecule has 0 aromatic heterocycles. The lowest BCUT2D eigenvalue weighted by Gasteiger charge is -2.30. The molecule has 1 aromatic carbocycles. The Labute approximate surface area is 128 Å². The van der Waals surface area contributed by atoms with Crippen LogP contribution in [0, 0.1) is 11.8 Å². The molecule has 1 aliphatic heterocycles. The van der Waals surface area contributed by atoms with Crippen molar-refractivity contribution in [1.29, 1.82) is 0 Å². The highest BCUT2D eigenvalue weighted by atomic mass is 79.9. The Morgan fingerprint density at radius 3 is 2.35 bits per heavy atom. The highest BCUT2D eigenvalue weighted by molar-refractivity contribution is 9.10. The third kappa shape index (κ3) is 2.40. The van der Waals surface area contributed by atoms with Gasteiger partial charge in [0.25, 0.3) is 0 Å². The fourth-order valence-electron chi connectivity index (χ4n) is 3.65. The molecule has 108 valence electrons. The Kier molecular flexibility index (Phi) is 3.63. The number of halogens is 1. The highest BCUT2D eigenvalue weighted by Crippen LogP contribution is 2.39. The van der Waals surface area contributed by atoms with Crippen LogP contribution in [0.5, 0.6) is 0 Å². The zero-order chi connectivity index (χ0) is 14.3. The van der Waals surface area contributed by atoms with Crippen LogP contribution in [-0.2, 0) is 10.3 Å². The van der Waals surface area contributed by atoms with E-state index in [9.17, 15) is 4.79 Å². The quantitative estimate of drug-likeness (QED) is 0.902. The molecule has 4 heteroatoms. The van der Waals surface area contributed by atoms with Gasteiger partial charge in [-0.15, -0.1) is 0 Å². The summed E-state index contributed by atoms with van der Waals surface area (Å²) in [5.74, 6) is 1.48. The van der Waals surface area contributed by atoms with Crippen LogP contribution in [0.2, 0.25) is 0 Å². The van der Waals surface area contributed by atoms with Crippen LogP contribution in [0.25, 0.3) is 0 Å². The summed E-state index contributed by atoms with van der Waals surface area (Å²) >= 11 is 3.41. The first-order valence-electron chi connectivity index (χ1n) is 7.33. The molecule has 3 unspecified atom stereocenters. The van der Waals surface area contributed by atoms with Crippen LogP contribution in [0.3, 0.4) is 0 Å². The second-order valence-corrected chi connectivity index (χ2v) is 7.29. The third-order valence-corrected chi connectivity index (χ3v) is 5.43. The van der Waals surface area contributed by atoms with Crippen molar-refractivity contribution < 1.29 is 4.79 Å². The standard InChI is InChI=1S/C16H21BrN2O/c1-16(18,13-5-7-14(17)8-6-13)15(20)19-9-11-3-2-4-12(11)10-19/h5-8,11-12H,2-4,9-10,18H2,1H3. The Morgan fingerprint density at radius 2 is 1.80 bits per heavy atom. The topological polar surface area (TPSA) is 46.3 Å². The maximum atomic E-state index is 12.8. The molecular weight excluding hydrogens is 316 g/mol. The summed E-state index contributed by atoms with van der Waals surface area (Å²) in [5, 5.41) is 0. The summed E-state index contributed by atoms with van der Waals surface area (Å²) < 4.78 is 1.00. The predicted molar refractivity (Wildman–Crippen MR) is 83.1 cm³/mol. The molecule has 2 N–H and O–H groups in total. The van der Waals surface area contributed by atoms with E-state index in [0.717, 1.165) is 23.1 Å². The molecule has 1 aromatic rings. The summed E-state index contributed by atoms with van der Waals surface area (Å²) in [6.45, 7) is 3.62. The molecule has 1 saturated carbocycles. The molecule has 20 heavy (non-hydrogen) atoms. The molecule has 3 nitrogen and oxygen atoms in total. The molecule has 0 radical (unpaired) electrons. The highest BCUT2D eigenvalue weighted by Gasteiger charge is 2.42. The van der Waals surface area contributed by atoms with Gasteiger partial charge < -0.3 is 10.6 Å². The zero-order valence-electron chi connectivity index (χ0n) is 11.8. The minimum absolute atomic E-state index is 0.0641. The van der Waals surface area contributed by atoms with E-state index in [1.807, 2.05) is 36.1 Å². The molecule has 0 bridgehead atoms. The third-order valence-electron chi connectivity index (χ3n) is 4.90. The molecule has 2 aliphatic rings. The molecule has 1 heterocycles. The van der Waals surface area contributed by atoms with E-state index in [1.165, 1.54) is 19.3 Å². The van der Waals surface area contributed by atoms with E-state index in [4.69, 9.17) is 5.73 Å². The van der Waals surface area contributed by atoms with E-state index >= 15 is 0 Å². The van der Waals surface area contributed by atoms with Crippen molar-refractivity contribution >= 4 is 21.8 Å². The minimum atomic E-state index is -0.931. The van der Waals surface area contributed by atoms with Crippen LogP contribution in [-0.4, -0.2) is 23.9 Å². The molecule has 2 fully saturated rings. The largest absolute Gasteiger partial charge is 0.340 e. The number of nitrogens with two attached hydrogens (primary N) is 1. The van der Waals surface area contributed by atoms with Gasteiger partial charge in [0.1, 0.15) is 5.54 Å². The van der Waals surface area contributed by atoms with E-state index in [0.29, 0.717) is 11.8 Å². The summed E-state index contributed by atoms with van der Waals surface area (Å²) in [6, 6.07) is 7.73. The van der Waals surface area contributed by atoms with Gasteiger partial charge in [-0.25, -0.2) is 0 Å². The van der Waals surface area contributed by atoms with Crippen molar-refractivity contribution in [1.82, 2.24) is 4.90 Å².